The smallest absolute Gasteiger partial charge is 0.279 e. The van der Waals surface area contributed by atoms with Crippen molar-refractivity contribution in [2.24, 2.45) is 0 Å². The number of rotatable bonds is 9. The van der Waals surface area contributed by atoms with Gasteiger partial charge in [-0.05, 0) is 24.1 Å². The van der Waals surface area contributed by atoms with Gasteiger partial charge < -0.3 is 25.2 Å². The summed E-state index contributed by atoms with van der Waals surface area (Å²) in [7, 11) is 1.63. The first-order chi connectivity index (χ1) is 15.1. The normalized spacial score (nSPS) is 18.3. The highest BCUT2D eigenvalue weighted by Crippen LogP contribution is 2.16. The van der Waals surface area contributed by atoms with Crippen LogP contribution in [0.1, 0.15) is 18.1 Å². The number of quaternary nitrogens is 2. The van der Waals surface area contributed by atoms with Gasteiger partial charge in [0.25, 0.3) is 11.8 Å². The Kier molecular flexibility index (Phi) is 8.44. The molecule has 0 aromatic heterocycles. The number of para-hydroxylation sites is 2. The van der Waals surface area contributed by atoms with Gasteiger partial charge >= 0.3 is 0 Å². The standard InChI is InChI=1S/C24H32N4O3/c1-3-19-8-4-6-10-21(19)26-24(30)18-28-14-12-27(13-15-28)17-23(29)25-16-20-9-5-7-11-22(20)31-2/h4-11H,3,12-18H2,1-2H3,(H,25,29)(H,26,30)/p+2. The molecule has 2 aromatic carbocycles. The maximum Gasteiger partial charge on any atom is 0.279 e. The van der Waals surface area contributed by atoms with Gasteiger partial charge in [-0.15, -0.1) is 0 Å². The Morgan fingerprint density at radius 2 is 1.45 bits per heavy atom. The van der Waals surface area contributed by atoms with Crippen molar-refractivity contribution in [2.45, 2.75) is 19.9 Å². The Morgan fingerprint density at radius 1 is 0.871 bits per heavy atom. The van der Waals surface area contributed by atoms with Crippen molar-refractivity contribution in [3.63, 3.8) is 0 Å². The number of carbonyl (C=O) groups is 2. The highest BCUT2D eigenvalue weighted by Gasteiger charge is 2.26. The number of aryl methyl sites for hydroxylation is 1. The SMILES string of the molecule is CCc1ccccc1NC(=O)C[NH+]1CC[NH+](CC(=O)NCc2ccccc2OC)CC1. The summed E-state index contributed by atoms with van der Waals surface area (Å²) in [6.07, 6.45) is 0.893. The number of hydrogen-bond donors (Lipinski definition) is 4. The molecule has 31 heavy (non-hydrogen) atoms. The van der Waals surface area contributed by atoms with Crippen molar-refractivity contribution in [2.75, 3.05) is 51.7 Å². The van der Waals surface area contributed by atoms with Gasteiger partial charge in [-0.3, -0.25) is 9.59 Å². The molecule has 3 rings (SSSR count). The molecule has 0 spiro atoms. The van der Waals surface area contributed by atoms with Crippen molar-refractivity contribution in [3.8, 4) is 5.75 Å². The largest absolute Gasteiger partial charge is 0.496 e. The molecule has 1 aliphatic heterocycles. The minimum Gasteiger partial charge on any atom is -0.496 e. The second-order valence-electron chi connectivity index (χ2n) is 8.00. The van der Waals surface area contributed by atoms with Crippen LogP contribution in [0.2, 0.25) is 0 Å². The number of anilines is 1. The Morgan fingerprint density at radius 3 is 2.10 bits per heavy atom. The van der Waals surface area contributed by atoms with Gasteiger partial charge in [0.15, 0.2) is 13.1 Å². The molecule has 1 aliphatic rings. The molecule has 0 atom stereocenters. The molecular weight excluding hydrogens is 392 g/mol. The molecule has 2 amide bonds. The van der Waals surface area contributed by atoms with Gasteiger partial charge in [-0.1, -0.05) is 43.3 Å². The van der Waals surface area contributed by atoms with Gasteiger partial charge in [-0.25, -0.2) is 0 Å². The topological polar surface area (TPSA) is 76.3 Å². The summed E-state index contributed by atoms with van der Waals surface area (Å²) in [5.41, 5.74) is 3.03. The number of piperazine rings is 1. The van der Waals surface area contributed by atoms with Crippen LogP contribution in [0.5, 0.6) is 5.75 Å². The molecule has 7 heteroatoms. The quantitative estimate of drug-likeness (QED) is 0.428. The monoisotopic (exact) mass is 426 g/mol. The van der Waals surface area contributed by atoms with Crippen LogP contribution in [-0.4, -0.2) is 58.2 Å². The van der Waals surface area contributed by atoms with Crippen molar-refractivity contribution < 1.29 is 24.1 Å². The number of hydrogen-bond acceptors (Lipinski definition) is 3. The summed E-state index contributed by atoms with van der Waals surface area (Å²) in [6, 6.07) is 15.6. The lowest BCUT2D eigenvalue weighted by Gasteiger charge is -2.29. The summed E-state index contributed by atoms with van der Waals surface area (Å²) in [5.74, 6) is 0.874. The number of nitrogens with one attached hydrogen (secondary N) is 4. The molecule has 0 saturated carbocycles. The Bertz CT molecular complexity index is 879. The first kappa shape index (κ1) is 22.8. The fourth-order valence-electron chi connectivity index (χ4n) is 4.02. The highest BCUT2D eigenvalue weighted by molar-refractivity contribution is 5.92. The summed E-state index contributed by atoms with van der Waals surface area (Å²) < 4.78 is 5.33. The molecule has 2 aromatic rings. The van der Waals surface area contributed by atoms with E-state index in [2.05, 4.69) is 17.6 Å². The highest BCUT2D eigenvalue weighted by atomic mass is 16.5. The fraction of sp³-hybridized carbons (Fsp3) is 0.417. The van der Waals surface area contributed by atoms with Crippen LogP contribution >= 0.6 is 0 Å². The number of benzene rings is 2. The lowest BCUT2D eigenvalue weighted by atomic mass is 10.1. The molecular formula is C24H34N4O3+2. The Labute approximate surface area is 184 Å². The van der Waals surface area contributed by atoms with Gasteiger partial charge in [0.2, 0.25) is 0 Å². The maximum absolute atomic E-state index is 12.5. The molecule has 0 unspecified atom stereocenters. The lowest BCUT2D eigenvalue weighted by molar-refractivity contribution is -1.00. The number of carbonyl (C=O) groups excluding carboxylic acids is 2. The van der Waals surface area contributed by atoms with E-state index in [1.807, 2.05) is 48.5 Å². The number of ether oxygens (including phenoxy) is 1. The molecule has 7 nitrogen and oxygen atoms in total. The molecule has 1 saturated heterocycles. The zero-order valence-electron chi connectivity index (χ0n) is 18.5. The first-order valence-corrected chi connectivity index (χ1v) is 11.0. The molecule has 0 aliphatic carbocycles. The van der Waals surface area contributed by atoms with E-state index in [1.165, 1.54) is 9.80 Å². The van der Waals surface area contributed by atoms with E-state index in [1.54, 1.807) is 7.11 Å². The third-order valence-corrected chi connectivity index (χ3v) is 5.83. The van der Waals surface area contributed by atoms with Gasteiger partial charge in [0, 0.05) is 17.8 Å². The van der Waals surface area contributed by atoms with Crippen LogP contribution < -0.4 is 25.2 Å². The number of methoxy groups -OCH3 is 1. The first-order valence-electron chi connectivity index (χ1n) is 11.0. The number of amides is 2. The van der Waals surface area contributed by atoms with Crippen molar-refractivity contribution in [1.82, 2.24) is 5.32 Å². The zero-order chi connectivity index (χ0) is 22.1. The maximum atomic E-state index is 12.5. The van der Waals surface area contributed by atoms with E-state index >= 15 is 0 Å². The van der Waals surface area contributed by atoms with Crippen LogP contribution in [0.15, 0.2) is 48.5 Å². The van der Waals surface area contributed by atoms with E-state index in [-0.39, 0.29) is 11.8 Å². The minimum atomic E-state index is 0.0401. The Hall–Kier alpha value is -2.90. The Balaban J connectivity index is 1.38. The summed E-state index contributed by atoms with van der Waals surface area (Å²) in [5, 5.41) is 6.04. The second kappa shape index (κ2) is 11.5. The van der Waals surface area contributed by atoms with E-state index in [9.17, 15) is 9.59 Å². The molecule has 0 bridgehead atoms. The third-order valence-electron chi connectivity index (χ3n) is 5.83. The van der Waals surface area contributed by atoms with Crippen LogP contribution in [0.25, 0.3) is 0 Å². The average molecular weight is 427 g/mol. The minimum absolute atomic E-state index is 0.0401. The van der Waals surface area contributed by atoms with Crippen LogP contribution in [0, 0.1) is 0 Å². The predicted octanol–water partition coefficient (Wildman–Crippen LogP) is -0.704. The second-order valence-corrected chi connectivity index (χ2v) is 8.00. The average Bonchev–Trinajstić information content (AvgIpc) is 2.79. The molecule has 1 fully saturated rings. The van der Waals surface area contributed by atoms with Crippen LogP contribution in [0.3, 0.4) is 0 Å². The summed E-state index contributed by atoms with van der Waals surface area (Å²) >= 11 is 0. The van der Waals surface area contributed by atoms with Crippen molar-refractivity contribution in [3.05, 3.63) is 59.7 Å². The summed E-state index contributed by atoms with van der Waals surface area (Å²) in [6.45, 7) is 7.02. The molecule has 166 valence electrons. The van der Waals surface area contributed by atoms with E-state index in [0.717, 1.165) is 55.2 Å². The van der Waals surface area contributed by atoms with Crippen molar-refractivity contribution >= 4 is 17.5 Å². The molecule has 1 heterocycles. The molecule has 0 radical (unpaired) electrons. The van der Waals surface area contributed by atoms with Crippen molar-refractivity contribution in [1.29, 1.82) is 0 Å². The zero-order valence-corrected chi connectivity index (χ0v) is 18.5. The lowest BCUT2D eigenvalue weighted by Crippen LogP contribution is -3.28. The van der Waals surface area contributed by atoms with E-state index in [0.29, 0.717) is 19.6 Å². The fourth-order valence-corrected chi connectivity index (χ4v) is 4.02. The van der Waals surface area contributed by atoms with Crippen LogP contribution in [0.4, 0.5) is 5.69 Å². The summed E-state index contributed by atoms with van der Waals surface area (Å²) in [4.78, 5) is 27.4. The van der Waals surface area contributed by atoms with E-state index < -0.39 is 0 Å². The van der Waals surface area contributed by atoms with Crippen LogP contribution in [-0.2, 0) is 22.6 Å². The van der Waals surface area contributed by atoms with Gasteiger partial charge in [0.1, 0.15) is 31.9 Å². The van der Waals surface area contributed by atoms with E-state index in [4.69, 9.17) is 4.74 Å². The van der Waals surface area contributed by atoms with Gasteiger partial charge in [0.05, 0.1) is 7.11 Å². The third kappa shape index (κ3) is 6.80. The molecule has 4 N–H and O–H groups in total. The van der Waals surface area contributed by atoms with Gasteiger partial charge in [-0.2, -0.15) is 0 Å². The predicted molar refractivity (Wildman–Crippen MR) is 120 cm³/mol.